The van der Waals surface area contributed by atoms with E-state index < -0.39 is 0 Å². The minimum absolute atomic E-state index is 0.131. The highest BCUT2D eigenvalue weighted by atomic mass is 16.5. The van der Waals surface area contributed by atoms with E-state index in [0.717, 1.165) is 43.8 Å². The molecule has 8 nitrogen and oxygen atoms in total. The van der Waals surface area contributed by atoms with Gasteiger partial charge >= 0.3 is 6.03 Å². The first-order valence-corrected chi connectivity index (χ1v) is 11.7. The number of nitrogens with one attached hydrogen (secondary N) is 1. The molecule has 3 heterocycles. The van der Waals surface area contributed by atoms with E-state index in [9.17, 15) is 4.79 Å². The second-order valence-corrected chi connectivity index (χ2v) is 8.77. The van der Waals surface area contributed by atoms with Crippen LogP contribution >= 0.6 is 0 Å². The number of anilines is 1. The summed E-state index contributed by atoms with van der Waals surface area (Å²) in [6.07, 6.45) is 6.05. The number of carbonyl (C=O) groups excluding carboxylic acids is 1. The number of piperidine rings is 1. The van der Waals surface area contributed by atoms with Gasteiger partial charge in [0.2, 0.25) is 0 Å². The molecule has 2 fully saturated rings. The highest BCUT2D eigenvalue weighted by Gasteiger charge is 2.22. The van der Waals surface area contributed by atoms with Crippen LogP contribution in [0.5, 0.6) is 5.75 Å². The molecule has 2 unspecified atom stereocenters. The van der Waals surface area contributed by atoms with Crippen LogP contribution in [-0.2, 0) is 4.74 Å². The molecule has 2 saturated heterocycles. The molecule has 1 aromatic heterocycles. The maximum absolute atomic E-state index is 12.4. The van der Waals surface area contributed by atoms with Crippen molar-refractivity contribution in [3.63, 3.8) is 0 Å². The van der Waals surface area contributed by atoms with Gasteiger partial charge in [0.15, 0.2) is 5.82 Å². The summed E-state index contributed by atoms with van der Waals surface area (Å²) in [6, 6.07) is 11.6. The third kappa shape index (κ3) is 7.00. The maximum Gasteiger partial charge on any atom is 0.323 e. The predicted molar refractivity (Wildman–Crippen MR) is 128 cm³/mol. The predicted octanol–water partition coefficient (Wildman–Crippen LogP) is 3.68. The van der Waals surface area contributed by atoms with Crippen molar-refractivity contribution in [2.75, 3.05) is 44.6 Å². The number of benzene rings is 1. The van der Waals surface area contributed by atoms with Crippen molar-refractivity contribution >= 4 is 17.9 Å². The highest BCUT2D eigenvalue weighted by molar-refractivity contribution is 5.88. The Hall–Kier alpha value is -2.97. The summed E-state index contributed by atoms with van der Waals surface area (Å²) in [5.41, 5.74) is 2.47. The number of likely N-dealkylation sites (tertiary alicyclic amines) is 1. The van der Waals surface area contributed by atoms with Gasteiger partial charge in [-0.3, -0.25) is 10.2 Å². The molecule has 2 aromatic rings. The highest BCUT2D eigenvalue weighted by Crippen LogP contribution is 2.22. The van der Waals surface area contributed by atoms with Gasteiger partial charge in [-0.15, -0.1) is 5.10 Å². The number of rotatable bonds is 6. The topological polar surface area (TPSA) is 79.8 Å². The summed E-state index contributed by atoms with van der Waals surface area (Å²) < 4.78 is 11.8. The maximum atomic E-state index is 12.4. The molecule has 1 aromatic carbocycles. The molecule has 0 radical (unpaired) electrons. The van der Waals surface area contributed by atoms with Crippen molar-refractivity contribution in [3.05, 3.63) is 53.7 Å². The van der Waals surface area contributed by atoms with Crippen molar-refractivity contribution in [3.8, 4) is 5.75 Å². The van der Waals surface area contributed by atoms with Crippen LogP contribution in [0.2, 0.25) is 0 Å². The third-order valence-corrected chi connectivity index (χ3v) is 5.90. The number of morpholine rings is 1. The van der Waals surface area contributed by atoms with Crippen molar-refractivity contribution in [2.24, 2.45) is 0 Å². The van der Waals surface area contributed by atoms with Crippen molar-refractivity contribution in [1.29, 1.82) is 0 Å². The minimum Gasteiger partial charge on any atom is -0.492 e. The lowest BCUT2D eigenvalue weighted by molar-refractivity contribution is -0.0699. The lowest BCUT2D eigenvalue weighted by Gasteiger charge is -2.35. The van der Waals surface area contributed by atoms with Crippen LogP contribution in [-0.4, -0.2) is 77.6 Å². The molecule has 33 heavy (non-hydrogen) atoms. The van der Waals surface area contributed by atoms with Crippen LogP contribution < -0.4 is 10.1 Å². The first-order valence-electron chi connectivity index (χ1n) is 11.7. The standard InChI is InChI=1S/C25H33N5O3/c1-19-17-29(18-20(2)33-19)13-14-32-23-6-3-5-22(16-23)15-21-8-11-30(12-9-21)25(31)27-24-7-4-10-26-28-24/h3-7,10,15-16,19-20H,8-9,11-14,17-18H2,1-2H3,(H,27,28,31). The number of hydrogen-bond acceptors (Lipinski definition) is 6. The van der Waals surface area contributed by atoms with Crippen LogP contribution in [0, 0.1) is 0 Å². The Morgan fingerprint density at radius 1 is 1.18 bits per heavy atom. The van der Waals surface area contributed by atoms with E-state index in [1.54, 1.807) is 18.3 Å². The van der Waals surface area contributed by atoms with Gasteiger partial charge in [-0.1, -0.05) is 23.8 Å². The Bertz CT molecular complexity index is 932. The Morgan fingerprint density at radius 2 is 1.97 bits per heavy atom. The van der Waals surface area contributed by atoms with Crippen molar-refractivity contribution in [1.82, 2.24) is 20.0 Å². The van der Waals surface area contributed by atoms with Crippen LogP contribution in [0.25, 0.3) is 6.08 Å². The van der Waals surface area contributed by atoms with E-state index in [2.05, 4.69) is 52.5 Å². The third-order valence-electron chi connectivity index (χ3n) is 5.90. The molecule has 8 heteroatoms. The summed E-state index contributed by atoms with van der Waals surface area (Å²) >= 11 is 0. The van der Waals surface area contributed by atoms with Crippen LogP contribution in [0.4, 0.5) is 10.6 Å². The Labute approximate surface area is 195 Å². The number of hydrogen-bond donors (Lipinski definition) is 1. The van der Waals surface area contributed by atoms with Crippen LogP contribution in [0.3, 0.4) is 0 Å². The molecule has 2 aliphatic heterocycles. The van der Waals surface area contributed by atoms with Crippen LogP contribution in [0.1, 0.15) is 32.3 Å². The molecule has 2 aliphatic rings. The molecule has 1 N–H and O–H groups in total. The van der Waals surface area contributed by atoms with Gasteiger partial charge in [0.1, 0.15) is 12.4 Å². The van der Waals surface area contributed by atoms with Crippen molar-refractivity contribution in [2.45, 2.75) is 38.9 Å². The van der Waals surface area contributed by atoms with Crippen molar-refractivity contribution < 1.29 is 14.3 Å². The molecular formula is C25H33N5O3. The second-order valence-electron chi connectivity index (χ2n) is 8.77. The zero-order valence-electron chi connectivity index (χ0n) is 19.4. The fraction of sp³-hybridized carbons (Fsp3) is 0.480. The van der Waals surface area contributed by atoms with E-state index >= 15 is 0 Å². The van der Waals surface area contributed by atoms with E-state index in [1.807, 2.05) is 17.0 Å². The first-order chi connectivity index (χ1) is 16.0. The zero-order valence-corrected chi connectivity index (χ0v) is 19.4. The molecule has 2 amide bonds. The monoisotopic (exact) mass is 451 g/mol. The minimum atomic E-state index is -0.131. The number of carbonyl (C=O) groups is 1. The summed E-state index contributed by atoms with van der Waals surface area (Å²) in [5, 5.41) is 10.5. The average molecular weight is 452 g/mol. The summed E-state index contributed by atoms with van der Waals surface area (Å²) in [7, 11) is 0. The fourth-order valence-electron chi connectivity index (χ4n) is 4.39. The van der Waals surface area contributed by atoms with Gasteiger partial charge in [0.25, 0.3) is 0 Å². The molecule has 0 saturated carbocycles. The van der Waals surface area contributed by atoms with Gasteiger partial charge in [-0.2, -0.15) is 5.10 Å². The van der Waals surface area contributed by atoms with Gasteiger partial charge in [-0.05, 0) is 56.5 Å². The van der Waals surface area contributed by atoms with E-state index in [4.69, 9.17) is 9.47 Å². The summed E-state index contributed by atoms with van der Waals surface area (Å²) in [5.74, 6) is 1.36. The molecule has 2 atom stereocenters. The number of aromatic nitrogens is 2. The Kier molecular flexibility index (Phi) is 7.91. The number of nitrogens with zero attached hydrogens (tertiary/aromatic N) is 4. The second kappa shape index (κ2) is 11.2. The number of amides is 2. The normalized spacial score (nSPS) is 21.5. The number of ether oxygens (including phenoxy) is 2. The largest absolute Gasteiger partial charge is 0.492 e. The number of urea groups is 1. The molecule has 4 rings (SSSR count). The first kappa shape index (κ1) is 23.2. The summed E-state index contributed by atoms with van der Waals surface area (Å²) in [4.78, 5) is 16.6. The van der Waals surface area contributed by atoms with Gasteiger partial charge in [-0.25, -0.2) is 4.79 Å². The van der Waals surface area contributed by atoms with Gasteiger partial charge < -0.3 is 14.4 Å². The smallest absolute Gasteiger partial charge is 0.323 e. The quantitative estimate of drug-likeness (QED) is 0.722. The lowest BCUT2D eigenvalue weighted by atomic mass is 10.0. The summed E-state index contributed by atoms with van der Waals surface area (Å²) in [6.45, 7) is 9.08. The Morgan fingerprint density at radius 3 is 2.70 bits per heavy atom. The molecule has 0 spiro atoms. The molecule has 0 aliphatic carbocycles. The zero-order chi connectivity index (χ0) is 23.0. The Balaban J connectivity index is 1.24. The molecule has 0 bridgehead atoms. The lowest BCUT2D eigenvalue weighted by Crippen LogP contribution is -2.46. The van der Waals surface area contributed by atoms with E-state index in [-0.39, 0.29) is 18.2 Å². The average Bonchev–Trinajstić information content (AvgIpc) is 2.80. The fourth-order valence-corrected chi connectivity index (χ4v) is 4.39. The molecular weight excluding hydrogens is 418 g/mol. The SMILES string of the molecule is CC1CN(CCOc2cccc(C=C3CCN(C(=O)Nc4cccnn4)CC3)c2)CC(C)O1. The van der Waals surface area contributed by atoms with E-state index in [0.29, 0.717) is 25.5 Å². The van der Waals surface area contributed by atoms with Crippen LogP contribution in [0.15, 0.2) is 48.2 Å². The van der Waals surface area contributed by atoms with E-state index in [1.165, 1.54) is 5.57 Å². The molecule has 176 valence electrons. The van der Waals surface area contributed by atoms with Gasteiger partial charge in [0.05, 0.1) is 12.2 Å². The van der Waals surface area contributed by atoms with Gasteiger partial charge in [0, 0.05) is 38.9 Å².